The van der Waals surface area contributed by atoms with E-state index >= 15 is 0 Å². The van der Waals surface area contributed by atoms with Crippen molar-refractivity contribution in [2.75, 3.05) is 13.7 Å². The van der Waals surface area contributed by atoms with Crippen molar-refractivity contribution in [3.63, 3.8) is 0 Å². The number of nitrogens with zero attached hydrogens (tertiary/aromatic N) is 2. The summed E-state index contributed by atoms with van der Waals surface area (Å²) < 4.78 is 7.72. The van der Waals surface area contributed by atoms with Gasteiger partial charge in [-0.15, -0.1) is 0 Å². The second-order valence-corrected chi connectivity index (χ2v) is 4.61. The van der Waals surface area contributed by atoms with Gasteiger partial charge in [-0.3, -0.25) is 0 Å². The van der Waals surface area contributed by atoms with Crippen LogP contribution in [-0.4, -0.2) is 23.4 Å². The van der Waals surface area contributed by atoms with Crippen LogP contribution in [0.25, 0.3) is 0 Å². The van der Waals surface area contributed by atoms with Crippen LogP contribution in [0, 0.1) is 6.92 Å². The van der Waals surface area contributed by atoms with Crippen LogP contribution < -0.4 is 10.1 Å². The molecule has 0 saturated carbocycles. The van der Waals surface area contributed by atoms with Gasteiger partial charge in [-0.2, -0.15) is 5.10 Å². The summed E-state index contributed by atoms with van der Waals surface area (Å²) in [4.78, 5) is 0. The first-order valence-electron chi connectivity index (χ1n) is 6.56. The van der Waals surface area contributed by atoms with Gasteiger partial charge in [0.1, 0.15) is 0 Å². The molecule has 1 N–H and O–H groups in total. The summed E-state index contributed by atoms with van der Waals surface area (Å²) in [6.45, 7) is 3.46. The first kappa shape index (κ1) is 13.6. The maximum absolute atomic E-state index is 5.91. The van der Waals surface area contributed by atoms with E-state index in [1.54, 1.807) is 0 Å². The van der Waals surface area contributed by atoms with Crippen molar-refractivity contribution < 1.29 is 4.74 Å². The van der Waals surface area contributed by atoms with Gasteiger partial charge in [0.25, 0.3) is 0 Å². The van der Waals surface area contributed by atoms with Gasteiger partial charge in [0.05, 0.1) is 17.9 Å². The van der Waals surface area contributed by atoms with Crippen LogP contribution in [0.2, 0.25) is 0 Å². The Bertz CT molecular complexity index is 520. The molecule has 1 heterocycles. The molecule has 1 aromatic heterocycles. The first-order valence-corrected chi connectivity index (χ1v) is 6.56. The van der Waals surface area contributed by atoms with Crippen LogP contribution in [0.15, 0.2) is 30.3 Å². The van der Waals surface area contributed by atoms with Crippen molar-refractivity contribution >= 4 is 0 Å². The zero-order chi connectivity index (χ0) is 13.7. The molecular weight excluding hydrogens is 238 g/mol. The number of rotatable bonds is 6. The van der Waals surface area contributed by atoms with Gasteiger partial charge in [-0.1, -0.05) is 30.3 Å². The molecule has 0 spiro atoms. The summed E-state index contributed by atoms with van der Waals surface area (Å²) in [5.41, 5.74) is 3.45. The zero-order valence-corrected chi connectivity index (χ0v) is 11.8. The molecule has 2 aromatic rings. The molecule has 102 valence electrons. The standard InChI is InChI=1S/C15H21N3O/c1-12-14(11-16-2)15(18(3)17-12)19-10-9-13-7-5-4-6-8-13/h4-8,16H,9-11H2,1-3H3. The molecule has 1 aromatic carbocycles. The van der Waals surface area contributed by atoms with Crippen LogP contribution in [0.3, 0.4) is 0 Å². The maximum atomic E-state index is 5.91. The Balaban J connectivity index is 1.99. The van der Waals surface area contributed by atoms with E-state index in [9.17, 15) is 0 Å². The van der Waals surface area contributed by atoms with Crippen molar-refractivity contribution in [3.8, 4) is 5.88 Å². The fourth-order valence-electron chi connectivity index (χ4n) is 2.15. The van der Waals surface area contributed by atoms with Gasteiger partial charge < -0.3 is 10.1 Å². The molecule has 0 fully saturated rings. The van der Waals surface area contributed by atoms with E-state index in [-0.39, 0.29) is 0 Å². The third-order valence-corrected chi connectivity index (χ3v) is 3.11. The highest BCUT2D eigenvalue weighted by molar-refractivity contribution is 5.30. The summed E-state index contributed by atoms with van der Waals surface area (Å²) in [7, 11) is 3.85. The van der Waals surface area contributed by atoms with Gasteiger partial charge in [0.2, 0.25) is 5.88 Å². The van der Waals surface area contributed by atoms with Crippen LogP contribution >= 0.6 is 0 Å². The Morgan fingerprint density at radius 3 is 2.68 bits per heavy atom. The van der Waals surface area contributed by atoms with E-state index in [0.29, 0.717) is 6.61 Å². The van der Waals surface area contributed by atoms with Crippen molar-refractivity contribution in [2.45, 2.75) is 19.9 Å². The molecule has 0 saturated heterocycles. The van der Waals surface area contributed by atoms with Gasteiger partial charge in [0.15, 0.2) is 0 Å². The van der Waals surface area contributed by atoms with E-state index in [1.165, 1.54) is 5.56 Å². The highest BCUT2D eigenvalue weighted by atomic mass is 16.5. The molecule has 0 radical (unpaired) electrons. The predicted molar refractivity (Wildman–Crippen MR) is 76.3 cm³/mol. The smallest absolute Gasteiger partial charge is 0.216 e. The SMILES string of the molecule is CNCc1c(C)nn(C)c1OCCc1ccccc1. The van der Waals surface area contributed by atoms with Crippen molar-refractivity contribution in [3.05, 3.63) is 47.2 Å². The lowest BCUT2D eigenvalue weighted by Gasteiger charge is -2.09. The molecule has 0 amide bonds. The van der Waals surface area contributed by atoms with E-state index in [0.717, 1.165) is 30.1 Å². The van der Waals surface area contributed by atoms with Gasteiger partial charge in [0, 0.05) is 20.0 Å². The number of benzene rings is 1. The normalized spacial score (nSPS) is 10.7. The van der Waals surface area contributed by atoms with E-state index in [2.05, 4.69) is 34.7 Å². The van der Waals surface area contributed by atoms with E-state index in [1.807, 2.05) is 31.8 Å². The first-order chi connectivity index (χ1) is 9.22. The average molecular weight is 259 g/mol. The molecule has 2 rings (SSSR count). The highest BCUT2D eigenvalue weighted by Gasteiger charge is 2.13. The molecule has 0 aliphatic carbocycles. The van der Waals surface area contributed by atoms with E-state index < -0.39 is 0 Å². The molecular formula is C15H21N3O. The summed E-state index contributed by atoms with van der Waals surface area (Å²) in [5, 5.41) is 7.56. The lowest BCUT2D eigenvalue weighted by atomic mass is 10.2. The molecule has 19 heavy (non-hydrogen) atoms. The summed E-state index contributed by atoms with van der Waals surface area (Å²) in [6, 6.07) is 10.4. The van der Waals surface area contributed by atoms with Crippen molar-refractivity contribution in [2.24, 2.45) is 7.05 Å². The molecule has 0 unspecified atom stereocenters. The molecule has 0 atom stereocenters. The number of ether oxygens (including phenoxy) is 1. The number of hydrogen-bond donors (Lipinski definition) is 1. The monoisotopic (exact) mass is 259 g/mol. The molecule has 0 aliphatic rings. The number of hydrogen-bond acceptors (Lipinski definition) is 3. The quantitative estimate of drug-likeness (QED) is 0.863. The molecule has 0 aliphatic heterocycles. The Morgan fingerprint density at radius 1 is 1.26 bits per heavy atom. The van der Waals surface area contributed by atoms with Gasteiger partial charge >= 0.3 is 0 Å². The van der Waals surface area contributed by atoms with Crippen LogP contribution in [0.5, 0.6) is 5.88 Å². The predicted octanol–water partition coefficient (Wildman–Crippen LogP) is 2.07. The number of aryl methyl sites for hydroxylation is 2. The number of nitrogens with one attached hydrogen (secondary N) is 1. The Labute approximate surface area is 114 Å². The minimum Gasteiger partial charge on any atom is -0.477 e. The van der Waals surface area contributed by atoms with E-state index in [4.69, 9.17) is 4.74 Å². The summed E-state index contributed by atoms with van der Waals surface area (Å²) in [5.74, 6) is 0.864. The Morgan fingerprint density at radius 2 is 2.00 bits per heavy atom. The van der Waals surface area contributed by atoms with Gasteiger partial charge in [-0.25, -0.2) is 4.68 Å². The lowest BCUT2D eigenvalue weighted by molar-refractivity contribution is 0.290. The lowest BCUT2D eigenvalue weighted by Crippen LogP contribution is -2.10. The maximum Gasteiger partial charge on any atom is 0.216 e. The fourth-order valence-corrected chi connectivity index (χ4v) is 2.15. The molecule has 4 nitrogen and oxygen atoms in total. The second-order valence-electron chi connectivity index (χ2n) is 4.61. The minimum absolute atomic E-state index is 0.666. The van der Waals surface area contributed by atoms with Crippen LogP contribution in [-0.2, 0) is 20.0 Å². The largest absolute Gasteiger partial charge is 0.477 e. The van der Waals surface area contributed by atoms with Crippen LogP contribution in [0.4, 0.5) is 0 Å². The Hall–Kier alpha value is -1.81. The highest BCUT2D eigenvalue weighted by Crippen LogP contribution is 2.21. The Kier molecular flexibility index (Phi) is 4.58. The van der Waals surface area contributed by atoms with Crippen molar-refractivity contribution in [1.29, 1.82) is 0 Å². The number of aromatic nitrogens is 2. The molecule has 0 bridgehead atoms. The van der Waals surface area contributed by atoms with Crippen LogP contribution in [0.1, 0.15) is 16.8 Å². The zero-order valence-electron chi connectivity index (χ0n) is 11.8. The third kappa shape index (κ3) is 3.35. The minimum atomic E-state index is 0.666. The summed E-state index contributed by atoms with van der Waals surface area (Å²) >= 11 is 0. The third-order valence-electron chi connectivity index (χ3n) is 3.11. The van der Waals surface area contributed by atoms with Crippen molar-refractivity contribution in [1.82, 2.24) is 15.1 Å². The fraction of sp³-hybridized carbons (Fsp3) is 0.400. The van der Waals surface area contributed by atoms with Gasteiger partial charge in [-0.05, 0) is 19.5 Å². The second kappa shape index (κ2) is 6.38. The molecule has 4 heteroatoms. The average Bonchev–Trinajstić information content (AvgIpc) is 2.67. The topological polar surface area (TPSA) is 39.1 Å². The summed E-state index contributed by atoms with van der Waals surface area (Å²) in [6.07, 6.45) is 0.907.